The molecule has 1 aromatic rings. The summed E-state index contributed by atoms with van der Waals surface area (Å²) in [4.78, 5) is 23.7. The number of carbonyl (C=O) groups excluding carboxylic acids is 2. The molecule has 2 N–H and O–H groups in total. The summed E-state index contributed by atoms with van der Waals surface area (Å²) in [6, 6.07) is 7.04. The van der Waals surface area contributed by atoms with Gasteiger partial charge in [-0.15, -0.1) is 0 Å². The Hall–Kier alpha value is -1.55. The Labute approximate surface area is 130 Å². The molecule has 0 heterocycles. The summed E-state index contributed by atoms with van der Waals surface area (Å²) in [5, 5.41) is 6.27. The van der Waals surface area contributed by atoms with Gasteiger partial charge in [0.1, 0.15) is 6.42 Å². The van der Waals surface area contributed by atoms with Crippen molar-refractivity contribution in [3.63, 3.8) is 0 Å². The third-order valence-corrected chi connectivity index (χ3v) is 3.92. The average molecular weight is 309 g/mol. The third-order valence-electron chi connectivity index (χ3n) is 3.67. The summed E-state index contributed by atoms with van der Waals surface area (Å²) in [6.45, 7) is 0. The third kappa shape index (κ3) is 5.76. The van der Waals surface area contributed by atoms with Gasteiger partial charge in [0.25, 0.3) is 0 Å². The Morgan fingerprint density at radius 3 is 2.24 bits per heavy atom. The van der Waals surface area contributed by atoms with E-state index >= 15 is 0 Å². The predicted molar refractivity (Wildman–Crippen MR) is 84.3 cm³/mol. The molecule has 0 radical (unpaired) electrons. The number of rotatable bonds is 4. The molecule has 1 aliphatic rings. The number of carbonyl (C=O) groups is 2. The summed E-state index contributed by atoms with van der Waals surface area (Å²) >= 11 is 5.78. The van der Waals surface area contributed by atoms with Gasteiger partial charge in [0.2, 0.25) is 11.8 Å². The minimum atomic E-state index is -0.302. The number of benzene rings is 1. The lowest BCUT2D eigenvalue weighted by atomic mass is 10.1. The second kappa shape index (κ2) is 8.03. The molecule has 0 aliphatic heterocycles. The molecule has 1 aromatic carbocycles. The van der Waals surface area contributed by atoms with Crippen LogP contribution in [0.2, 0.25) is 5.02 Å². The van der Waals surface area contributed by atoms with E-state index in [1.807, 2.05) is 0 Å². The van der Waals surface area contributed by atoms with Gasteiger partial charge < -0.3 is 10.6 Å². The molecule has 1 aliphatic carbocycles. The second-order valence-corrected chi connectivity index (χ2v) is 5.92. The van der Waals surface area contributed by atoms with Crippen LogP contribution >= 0.6 is 11.6 Å². The van der Waals surface area contributed by atoms with Crippen molar-refractivity contribution in [2.75, 3.05) is 5.32 Å². The monoisotopic (exact) mass is 308 g/mol. The van der Waals surface area contributed by atoms with E-state index in [0.29, 0.717) is 10.7 Å². The van der Waals surface area contributed by atoms with E-state index in [2.05, 4.69) is 10.6 Å². The van der Waals surface area contributed by atoms with E-state index in [-0.39, 0.29) is 24.3 Å². The van der Waals surface area contributed by atoms with Crippen LogP contribution in [-0.4, -0.2) is 17.9 Å². The van der Waals surface area contributed by atoms with Crippen molar-refractivity contribution in [2.45, 2.75) is 51.0 Å². The van der Waals surface area contributed by atoms with Gasteiger partial charge in [-0.2, -0.15) is 0 Å². The average Bonchev–Trinajstić information content (AvgIpc) is 2.69. The Bertz CT molecular complexity index is 480. The molecular formula is C16H21ClN2O2. The van der Waals surface area contributed by atoms with E-state index in [1.54, 1.807) is 24.3 Å². The van der Waals surface area contributed by atoms with E-state index in [1.165, 1.54) is 12.8 Å². The topological polar surface area (TPSA) is 58.2 Å². The van der Waals surface area contributed by atoms with Crippen molar-refractivity contribution in [2.24, 2.45) is 0 Å². The zero-order valence-corrected chi connectivity index (χ0v) is 12.8. The fraction of sp³-hybridized carbons (Fsp3) is 0.500. The van der Waals surface area contributed by atoms with Crippen LogP contribution in [0.1, 0.15) is 44.9 Å². The minimum Gasteiger partial charge on any atom is -0.353 e. The van der Waals surface area contributed by atoms with E-state index in [9.17, 15) is 9.59 Å². The van der Waals surface area contributed by atoms with Gasteiger partial charge in [-0.05, 0) is 37.1 Å². The van der Waals surface area contributed by atoms with E-state index in [4.69, 9.17) is 11.6 Å². The first-order valence-electron chi connectivity index (χ1n) is 7.48. The first kappa shape index (κ1) is 15.8. The standard InChI is InChI=1S/C16H21ClN2O2/c17-12-7-9-14(10-8-12)19-16(21)11-15(20)18-13-5-3-1-2-4-6-13/h7-10,13H,1-6,11H2,(H,18,20)(H,19,21). The predicted octanol–water partition coefficient (Wildman–Crippen LogP) is 3.51. The molecule has 2 rings (SSSR count). The lowest BCUT2D eigenvalue weighted by Crippen LogP contribution is -2.36. The van der Waals surface area contributed by atoms with Crippen molar-refractivity contribution >= 4 is 29.1 Å². The van der Waals surface area contributed by atoms with Gasteiger partial charge in [0.15, 0.2) is 0 Å². The smallest absolute Gasteiger partial charge is 0.233 e. The first-order chi connectivity index (χ1) is 10.1. The minimum absolute atomic E-state index is 0.140. The van der Waals surface area contributed by atoms with Crippen LogP contribution in [0.25, 0.3) is 0 Å². The largest absolute Gasteiger partial charge is 0.353 e. The Morgan fingerprint density at radius 1 is 1.00 bits per heavy atom. The highest BCUT2D eigenvalue weighted by atomic mass is 35.5. The lowest BCUT2D eigenvalue weighted by molar-refractivity contribution is -0.127. The summed E-state index contributed by atoms with van der Waals surface area (Å²) in [7, 11) is 0. The van der Waals surface area contributed by atoms with Crippen LogP contribution < -0.4 is 10.6 Å². The van der Waals surface area contributed by atoms with Gasteiger partial charge in [-0.3, -0.25) is 9.59 Å². The van der Waals surface area contributed by atoms with Crippen LogP contribution in [0.3, 0.4) is 0 Å². The van der Waals surface area contributed by atoms with Crippen LogP contribution in [0.4, 0.5) is 5.69 Å². The summed E-state index contributed by atoms with van der Waals surface area (Å²) in [5.41, 5.74) is 0.645. The SMILES string of the molecule is O=C(CC(=O)NC1CCCCCC1)Nc1ccc(Cl)cc1. The van der Waals surface area contributed by atoms with Crippen LogP contribution in [0.15, 0.2) is 24.3 Å². The highest BCUT2D eigenvalue weighted by molar-refractivity contribution is 6.30. The zero-order chi connectivity index (χ0) is 15.1. The van der Waals surface area contributed by atoms with Crippen LogP contribution in [0, 0.1) is 0 Å². The summed E-state index contributed by atoms with van der Waals surface area (Å²) in [5.74, 6) is -0.503. The molecule has 5 heteroatoms. The molecule has 114 valence electrons. The number of amides is 2. The molecule has 0 bridgehead atoms. The lowest BCUT2D eigenvalue weighted by Gasteiger charge is -2.16. The number of anilines is 1. The van der Waals surface area contributed by atoms with Crippen molar-refractivity contribution in [1.82, 2.24) is 5.32 Å². The molecule has 0 saturated heterocycles. The molecule has 2 amide bonds. The number of nitrogens with one attached hydrogen (secondary N) is 2. The second-order valence-electron chi connectivity index (χ2n) is 5.49. The van der Waals surface area contributed by atoms with Crippen molar-refractivity contribution in [1.29, 1.82) is 0 Å². The maximum Gasteiger partial charge on any atom is 0.233 e. The van der Waals surface area contributed by atoms with Crippen molar-refractivity contribution < 1.29 is 9.59 Å². The highest BCUT2D eigenvalue weighted by Gasteiger charge is 2.16. The van der Waals surface area contributed by atoms with E-state index in [0.717, 1.165) is 25.7 Å². The zero-order valence-electron chi connectivity index (χ0n) is 12.0. The molecule has 0 atom stereocenters. The van der Waals surface area contributed by atoms with Crippen molar-refractivity contribution in [3.05, 3.63) is 29.3 Å². The molecule has 1 fully saturated rings. The fourth-order valence-electron chi connectivity index (χ4n) is 2.59. The summed E-state index contributed by atoms with van der Waals surface area (Å²) in [6.07, 6.45) is 6.69. The normalized spacial score (nSPS) is 16.0. The maximum atomic E-state index is 11.9. The van der Waals surface area contributed by atoms with Gasteiger partial charge in [-0.1, -0.05) is 37.3 Å². The van der Waals surface area contributed by atoms with Crippen LogP contribution in [-0.2, 0) is 9.59 Å². The van der Waals surface area contributed by atoms with Gasteiger partial charge >= 0.3 is 0 Å². The Balaban J connectivity index is 1.76. The fourth-order valence-corrected chi connectivity index (χ4v) is 2.71. The number of hydrogen-bond acceptors (Lipinski definition) is 2. The number of hydrogen-bond donors (Lipinski definition) is 2. The Kier molecular flexibility index (Phi) is 6.05. The van der Waals surface area contributed by atoms with Crippen LogP contribution in [0.5, 0.6) is 0 Å². The first-order valence-corrected chi connectivity index (χ1v) is 7.86. The highest BCUT2D eigenvalue weighted by Crippen LogP contribution is 2.17. The molecule has 0 spiro atoms. The van der Waals surface area contributed by atoms with E-state index < -0.39 is 0 Å². The van der Waals surface area contributed by atoms with Gasteiger partial charge in [-0.25, -0.2) is 0 Å². The maximum absolute atomic E-state index is 11.9. The molecule has 21 heavy (non-hydrogen) atoms. The van der Waals surface area contributed by atoms with Gasteiger partial charge in [0.05, 0.1) is 0 Å². The molecule has 4 nitrogen and oxygen atoms in total. The molecular weight excluding hydrogens is 288 g/mol. The molecule has 1 saturated carbocycles. The van der Waals surface area contributed by atoms with Crippen molar-refractivity contribution in [3.8, 4) is 0 Å². The summed E-state index contributed by atoms with van der Waals surface area (Å²) < 4.78 is 0. The van der Waals surface area contributed by atoms with Gasteiger partial charge in [0, 0.05) is 16.8 Å². The molecule has 0 aromatic heterocycles. The quantitative estimate of drug-likeness (QED) is 0.660. The Morgan fingerprint density at radius 2 is 1.62 bits per heavy atom. The number of halogens is 1. The molecule has 0 unspecified atom stereocenters.